The van der Waals surface area contributed by atoms with Gasteiger partial charge in [0.1, 0.15) is 0 Å². The highest BCUT2D eigenvalue weighted by atomic mass is 32.2. The summed E-state index contributed by atoms with van der Waals surface area (Å²) in [6.07, 6.45) is 0.993. The molecule has 104 valence electrons. The molecular weight excluding hydrogens is 260 g/mol. The Hall–Kier alpha value is -1.20. The van der Waals surface area contributed by atoms with Crippen molar-refractivity contribution in [3.8, 4) is 0 Å². The van der Waals surface area contributed by atoms with Gasteiger partial charge in [-0.1, -0.05) is 30.3 Å². The van der Waals surface area contributed by atoms with Crippen LogP contribution in [0.1, 0.15) is 12.0 Å². The summed E-state index contributed by atoms with van der Waals surface area (Å²) in [6, 6.07) is 9.73. The van der Waals surface area contributed by atoms with Crippen LogP contribution in [0.3, 0.4) is 0 Å². The number of urea groups is 1. The van der Waals surface area contributed by atoms with Gasteiger partial charge in [0, 0.05) is 26.0 Å². The lowest BCUT2D eigenvalue weighted by Crippen LogP contribution is -2.47. The van der Waals surface area contributed by atoms with E-state index < -0.39 is 0 Å². The van der Waals surface area contributed by atoms with E-state index >= 15 is 0 Å². The van der Waals surface area contributed by atoms with Gasteiger partial charge in [0.25, 0.3) is 0 Å². The lowest BCUT2D eigenvalue weighted by atomic mass is 10.0. The first-order valence-electron chi connectivity index (χ1n) is 6.43. The number of hydrogen-bond donors (Lipinski definition) is 2. The Morgan fingerprint density at radius 1 is 1.37 bits per heavy atom. The lowest BCUT2D eigenvalue weighted by Gasteiger charge is -2.26. The largest absolute Gasteiger partial charge is 0.376 e. The monoisotopic (exact) mass is 280 g/mol. The lowest BCUT2D eigenvalue weighted by molar-refractivity contribution is 0.0157. The number of benzene rings is 1. The minimum absolute atomic E-state index is 0.142. The number of ether oxygens (including phenoxy) is 1. The summed E-state index contributed by atoms with van der Waals surface area (Å²) in [5, 5.41) is 5.75. The standard InChI is InChI=1S/C14H20N2O2S/c1-18-14(7-8-19-11-14)10-16-13(17)15-9-12-5-3-2-4-6-12/h2-6H,7-11H2,1H3,(H2,15,16,17)/t14-/m1/s1. The van der Waals surface area contributed by atoms with E-state index in [1.807, 2.05) is 42.1 Å². The Morgan fingerprint density at radius 2 is 2.16 bits per heavy atom. The smallest absolute Gasteiger partial charge is 0.315 e. The average Bonchev–Trinajstić information content (AvgIpc) is 2.93. The maximum atomic E-state index is 11.7. The van der Waals surface area contributed by atoms with Crippen LogP contribution in [0.4, 0.5) is 4.79 Å². The molecule has 19 heavy (non-hydrogen) atoms. The summed E-state index contributed by atoms with van der Waals surface area (Å²) >= 11 is 1.87. The Labute approximate surface area is 118 Å². The fourth-order valence-electron chi connectivity index (χ4n) is 2.04. The third kappa shape index (κ3) is 4.14. The fraction of sp³-hybridized carbons (Fsp3) is 0.500. The maximum Gasteiger partial charge on any atom is 0.315 e. The Morgan fingerprint density at radius 3 is 2.79 bits per heavy atom. The maximum absolute atomic E-state index is 11.7. The Kier molecular flexibility index (Phi) is 5.10. The van der Waals surface area contributed by atoms with Crippen LogP contribution in [0.2, 0.25) is 0 Å². The molecule has 0 bridgehead atoms. The second-order valence-electron chi connectivity index (χ2n) is 4.71. The van der Waals surface area contributed by atoms with Crippen molar-refractivity contribution in [2.75, 3.05) is 25.2 Å². The highest BCUT2D eigenvalue weighted by molar-refractivity contribution is 7.99. The van der Waals surface area contributed by atoms with Crippen molar-refractivity contribution in [1.82, 2.24) is 10.6 Å². The topological polar surface area (TPSA) is 50.4 Å². The van der Waals surface area contributed by atoms with Gasteiger partial charge >= 0.3 is 6.03 Å². The zero-order valence-electron chi connectivity index (χ0n) is 11.1. The van der Waals surface area contributed by atoms with E-state index in [0.717, 1.165) is 23.5 Å². The van der Waals surface area contributed by atoms with Gasteiger partial charge in [0.15, 0.2) is 0 Å². The normalized spacial score (nSPS) is 22.2. The number of carbonyl (C=O) groups excluding carboxylic acids is 1. The number of nitrogens with one attached hydrogen (secondary N) is 2. The molecule has 1 aromatic carbocycles. The second kappa shape index (κ2) is 6.82. The summed E-state index contributed by atoms with van der Waals surface area (Å²) in [5.74, 6) is 2.05. The number of carbonyl (C=O) groups is 1. The Bertz CT molecular complexity index is 405. The predicted octanol–water partition coefficient (Wildman–Crippen LogP) is 2.01. The summed E-state index contributed by atoms with van der Waals surface area (Å²) < 4.78 is 5.55. The van der Waals surface area contributed by atoms with Crippen molar-refractivity contribution in [2.24, 2.45) is 0 Å². The van der Waals surface area contributed by atoms with Crippen molar-refractivity contribution in [3.63, 3.8) is 0 Å². The molecule has 0 spiro atoms. The number of rotatable bonds is 5. The fourth-order valence-corrected chi connectivity index (χ4v) is 3.44. The van der Waals surface area contributed by atoms with Gasteiger partial charge in [-0.05, 0) is 17.7 Å². The minimum atomic E-state index is -0.186. The van der Waals surface area contributed by atoms with Gasteiger partial charge in [-0.2, -0.15) is 11.8 Å². The molecule has 1 atom stereocenters. The van der Waals surface area contributed by atoms with Crippen LogP contribution in [-0.2, 0) is 11.3 Å². The summed E-state index contributed by atoms with van der Waals surface area (Å²) in [7, 11) is 1.72. The second-order valence-corrected chi connectivity index (χ2v) is 5.82. The van der Waals surface area contributed by atoms with E-state index in [9.17, 15) is 4.79 Å². The minimum Gasteiger partial charge on any atom is -0.376 e. The molecule has 0 aliphatic carbocycles. The zero-order valence-corrected chi connectivity index (χ0v) is 12.0. The third-order valence-electron chi connectivity index (χ3n) is 3.37. The molecule has 1 fully saturated rings. The first-order chi connectivity index (χ1) is 9.24. The molecule has 2 N–H and O–H groups in total. The SMILES string of the molecule is CO[C@@]1(CNC(=O)NCc2ccccc2)CCSC1. The third-order valence-corrected chi connectivity index (χ3v) is 4.59. The van der Waals surface area contributed by atoms with Crippen molar-refractivity contribution in [3.05, 3.63) is 35.9 Å². The molecule has 2 amide bonds. The van der Waals surface area contributed by atoms with Gasteiger partial charge in [0.05, 0.1) is 5.60 Å². The number of amides is 2. The molecule has 1 saturated heterocycles. The van der Waals surface area contributed by atoms with Crippen LogP contribution >= 0.6 is 11.8 Å². The van der Waals surface area contributed by atoms with Crippen molar-refractivity contribution in [1.29, 1.82) is 0 Å². The first kappa shape index (κ1) is 14.2. The van der Waals surface area contributed by atoms with E-state index in [-0.39, 0.29) is 11.6 Å². The van der Waals surface area contributed by atoms with Crippen LogP contribution in [0.15, 0.2) is 30.3 Å². The van der Waals surface area contributed by atoms with Gasteiger partial charge in [-0.15, -0.1) is 0 Å². The molecule has 5 heteroatoms. The summed E-state index contributed by atoms with van der Waals surface area (Å²) in [5.41, 5.74) is 0.907. The Balaban J connectivity index is 1.72. The van der Waals surface area contributed by atoms with E-state index in [4.69, 9.17) is 4.74 Å². The molecule has 2 rings (SSSR count). The predicted molar refractivity (Wildman–Crippen MR) is 78.4 cm³/mol. The molecule has 1 aliphatic rings. The van der Waals surface area contributed by atoms with Gasteiger partial charge < -0.3 is 15.4 Å². The molecule has 0 unspecified atom stereocenters. The summed E-state index contributed by atoms with van der Waals surface area (Å²) in [4.78, 5) is 11.7. The average molecular weight is 280 g/mol. The van der Waals surface area contributed by atoms with Crippen LogP contribution in [0.5, 0.6) is 0 Å². The van der Waals surface area contributed by atoms with Gasteiger partial charge in [0.2, 0.25) is 0 Å². The molecule has 0 radical (unpaired) electrons. The van der Waals surface area contributed by atoms with E-state index in [1.54, 1.807) is 7.11 Å². The molecule has 1 heterocycles. The highest BCUT2D eigenvalue weighted by Crippen LogP contribution is 2.30. The van der Waals surface area contributed by atoms with Crippen molar-refractivity contribution >= 4 is 17.8 Å². The van der Waals surface area contributed by atoms with Crippen LogP contribution < -0.4 is 10.6 Å². The van der Waals surface area contributed by atoms with E-state index in [0.29, 0.717) is 13.1 Å². The van der Waals surface area contributed by atoms with Crippen molar-refractivity contribution in [2.45, 2.75) is 18.6 Å². The highest BCUT2D eigenvalue weighted by Gasteiger charge is 2.34. The molecule has 0 aromatic heterocycles. The van der Waals surface area contributed by atoms with Gasteiger partial charge in [-0.25, -0.2) is 4.79 Å². The van der Waals surface area contributed by atoms with E-state index in [1.165, 1.54) is 0 Å². The number of methoxy groups -OCH3 is 1. The van der Waals surface area contributed by atoms with Crippen LogP contribution in [0, 0.1) is 0 Å². The molecular formula is C14H20N2O2S. The molecule has 1 aliphatic heterocycles. The zero-order chi connectivity index (χ0) is 13.6. The van der Waals surface area contributed by atoms with Crippen molar-refractivity contribution < 1.29 is 9.53 Å². The number of thioether (sulfide) groups is 1. The molecule has 1 aromatic rings. The van der Waals surface area contributed by atoms with E-state index in [2.05, 4.69) is 10.6 Å². The van der Waals surface area contributed by atoms with Crippen LogP contribution in [-0.4, -0.2) is 36.8 Å². The number of hydrogen-bond acceptors (Lipinski definition) is 3. The first-order valence-corrected chi connectivity index (χ1v) is 7.58. The quantitative estimate of drug-likeness (QED) is 0.867. The van der Waals surface area contributed by atoms with Crippen LogP contribution in [0.25, 0.3) is 0 Å². The summed E-state index contributed by atoms with van der Waals surface area (Å²) in [6.45, 7) is 1.11. The molecule has 4 nitrogen and oxygen atoms in total. The molecule has 0 saturated carbocycles. The van der Waals surface area contributed by atoms with Gasteiger partial charge in [-0.3, -0.25) is 0 Å².